The summed E-state index contributed by atoms with van der Waals surface area (Å²) in [6.45, 7) is 0. The van der Waals surface area contributed by atoms with Gasteiger partial charge in [-0.05, 0) is 0 Å². The highest BCUT2D eigenvalue weighted by Crippen LogP contribution is 2.21. The van der Waals surface area contributed by atoms with Gasteiger partial charge < -0.3 is 4.74 Å². The lowest BCUT2D eigenvalue weighted by molar-refractivity contribution is -0.348. The molecule has 0 radical (unpaired) electrons. The number of hydrogen-bond donors (Lipinski definition) is 0. The van der Waals surface area contributed by atoms with Gasteiger partial charge in [0.25, 0.3) is 0 Å². The van der Waals surface area contributed by atoms with Crippen molar-refractivity contribution in [3.8, 4) is 6.07 Å². The molecule has 0 unspecified atom stereocenters. The number of carbonyl (C=O) groups is 1. The number of ether oxygens (including phenoxy) is 1. The van der Waals surface area contributed by atoms with E-state index in [1.165, 1.54) is 14.2 Å². The van der Waals surface area contributed by atoms with Crippen LogP contribution >= 0.6 is 0 Å². The Labute approximate surface area is 75.5 Å². The molecule has 0 bridgehead atoms. The van der Waals surface area contributed by atoms with Crippen LogP contribution in [0.15, 0.2) is 0 Å². The van der Waals surface area contributed by atoms with E-state index in [2.05, 4.69) is 4.74 Å². The van der Waals surface area contributed by atoms with E-state index in [0.29, 0.717) is 0 Å². The Morgan fingerprint density at radius 3 is 2.85 bits per heavy atom. The second-order valence-electron chi connectivity index (χ2n) is 2.47. The summed E-state index contributed by atoms with van der Waals surface area (Å²) >= 11 is 0. The van der Waals surface area contributed by atoms with E-state index in [4.69, 9.17) is 14.9 Å². The van der Waals surface area contributed by atoms with Gasteiger partial charge in [-0.1, -0.05) is 5.23 Å². The number of hydrogen-bond acceptors (Lipinski definition) is 6. The molecule has 0 aromatic rings. The van der Waals surface area contributed by atoms with Gasteiger partial charge in [-0.15, -0.1) is 0 Å². The van der Waals surface area contributed by atoms with Gasteiger partial charge in [0.2, 0.25) is 0 Å². The van der Waals surface area contributed by atoms with Gasteiger partial charge in [0.15, 0.2) is 12.1 Å². The lowest BCUT2D eigenvalue weighted by Gasteiger charge is -2.16. The highest BCUT2D eigenvalue weighted by molar-refractivity contribution is 5.75. The number of methoxy groups -OCH3 is 1. The van der Waals surface area contributed by atoms with Gasteiger partial charge in [-0.2, -0.15) is 5.26 Å². The molecule has 0 aliphatic carbocycles. The quantitative estimate of drug-likeness (QED) is 0.547. The third kappa shape index (κ3) is 1.95. The molecule has 1 aliphatic heterocycles. The second kappa shape index (κ2) is 4.18. The van der Waals surface area contributed by atoms with Gasteiger partial charge in [0, 0.05) is 6.42 Å². The van der Waals surface area contributed by atoms with Crippen LogP contribution in [0, 0.1) is 11.3 Å². The van der Waals surface area contributed by atoms with Crippen molar-refractivity contribution in [3.05, 3.63) is 0 Å². The number of nitrogens with zero attached hydrogens (tertiary/aromatic N) is 2. The first-order valence-corrected chi connectivity index (χ1v) is 3.70. The summed E-state index contributed by atoms with van der Waals surface area (Å²) < 4.78 is 4.51. The average molecular weight is 186 g/mol. The number of esters is 1. The lowest BCUT2D eigenvalue weighted by Crippen LogP contribution is -2.35. The molecule has 1 aliphatic rings. The molecular formula is C7H10N2O4. The smallest absolute Gasteiger partial charge is 0.328 e. The minimum Gasteiger partial charge on any atom is -0.468 e. The fourth-order valence-electron chi connectivity index (χ4n) is 1.10. The summed E-state index contributed by atoms with van der Waals surface area (Å²) in [5, 5.41) is 9.53. The summed E-state index contributed by atoms with van der Waals surface area (Å²) in [7, 11) is 2.63. The van der Waals surface area contributed by atoms with E-state index in [-0.39, 0.29) is 6.42 Å². The zero-order chi connectivity index (χ0) is 9.84. The van der Waals surface area contributed by atoms with E-state index in [1.807, 2.05) is 6.07 Å². The monoisotopic (exact) mass is 186 g/mol. The molecule has 6 heteroatoms. The van der Waals surface area contributed by atoms with Crippen LogP contribution < -0.4 is 0 Å². The topological polar surface area (TPSA) is 71.8 Å². The standard InChI is InChI=1S/C7H10N2O4/c1-11-7(10)6-3-5(4-8)13-9(6)12-2/h5-6H,3H2,1-2H3/t5-,6-/m1/s1. The van der Waals surface area contributed by atoms with Crippen LogP contribution in [0.25, 0.3) is 0 Å². The predicted octanol–water partition coefficient (Wildman–Crippen LogP) is -0.381. The molecule has 1 fully saturated rings. The second-order valence-corrected chi connectivity index (χ2v) is 2.47. The van der Waals surface area contributed by atoms with Crippen molar-refractivity contribution in [1.82, 2.24) is 5.23 Å². The maximum atomic E-state index is 11.1. The Morgan fingerprint density at radius 2 is 2.38 bits per heavy atom. The Kier molecular flexibility index (Phi) is 3.19. The Morgan fingerprint density at radius 1 is 1.69 bits per heavy atom. The molecule has 0 amide bonds. The van der Waals surface area contributed by atoms with Crippen molar-refractivity contribution in [1.29, 1.82) is 5.26 Å². The van der Waals surface area contributed by atoms with Crippen LogP contribution in [0.2, 0.25) is 0 Å². The van der Waals surface area contributed by atoms with Crippen LogP contribution in [0.3, 0.4) is 0 Å². The fourth-order valence-corrected chi connectivity index (χ4v) is 1.10. The van der Waals surface area contributed by atoms with Gasteiger partial charge in [0.05, 0.1) is 20.3 Å². The molecule has 72 valence electrons. The van der Waals surface area contributed by atoms with Crippen molar-refractivity contribution in [2.24, 2.45) is 0 Å². The average Bonchev–Trinajstić information content (AvgIpc) is 2.59. The summed E-state index contributed by atoms with van der Waals surface area (Å²) in [4.78, 5) is 20.8. The minimum atomic E-state index is -0.653. The Bertz CT molecular complexity index is 237. The van der Waals surface area contributed by atoms with Crippen LogP contribution in [0.4, 0.5) is 0 Å². The van der Waals surface area contributed by atoms with E-state index < -0.39 is 18.1 Å². The van der Waals surface area contributed by atoms with E-state index in [0.717, 1.165) is 5.23 Å². The first-order chi connectivity index (χ1) is 6.22. The normalized spacial score (nSPS) is 28.4. The summed E-state index contributed by atoms with van der Waals surface area (Å²) in [6, 6.07) is 1.23. The third-order valence-corrected chi connectivity index (χ3v) is 1.72. The maximum absolute atomic E-state index is 11.1. The molecule has 0 aromatic carbocycles. The highest BCUT2D eigenvalue weighted by atomic mass is 17.0. The summed E-state index contributed by atoms with van der Waals surface area (Å²) in [5.41, 5.74) is 0. The predicted molar refractivity (Wildman–Crippen MR) is 39.8 cm³/mol. The molecule has 2 atom stereocenters. The molecule has 1 saturated heterocycles. The van der Waals surface area contributed by atoms with Crippen molar-refractivity contribution in [2.75, 3.05) is 14.2 Å². The van der Waals surface area contributed by atoms with Crippen LogP contribution in [-0.4, -0.2) is 37.6 Å². The zero-order valence-electron chi connectivity index (χ0n) is 7.39. The first-order valence-electron chi connectivity index (χ1n) is 3.70. The molecule has 6 nitrogen and oxygen atoms in total. The van der Waals surface area contributed by atoms with Crippen LogP contribution in [0.5, 0.6) is 0 Å². The molecule has 1 rings (SSSR count). The molecule has 0 N–H and O–H groups in total. The zero-order valence-corrected chi connectivity index (χ0v) is 7.39. The first kappa shape index (κ1) is 9.92. The third-order valence-electron chi connectivity index (χ3n) is 1.72. The van der Waals surface area contributed by atoms with Crippen molar-refractivity contribution >= 4 is 5.97 Å². The van der Waals surface area contributed by atoms with Gasteiger partial charge in [0.1, 0.15) is 0 Å². The van der Waals surface area contributed by atoms with Gasteiger partial charge in [-0.3, -0.25) is 14.5 Å². The minimum absolute atomic E-state index is 0.261. The van der Waals surface area contributed by atoms with E-state index >= 15 is 0 Å². The summed E-state index contributed by atoms with van der Waals surface area (Å²) in [6.07, 6.45) is -0.388. The highest BCUT2D eigenvalue weighted by Gasteiger charge is 2.39. The van der Waals surface area contributed by atoms with Gasteiger partial charge in [-0.25, -0.2) is 0 Å². The van der Waals surface area contributed by atoms with E-state index in [1.54, 1.807) is 0 Å². The molecular weight excluding hydrogens is 176 g/mol. The van der Waals surface area contributed by atoms with Crippen molar-refractivity contribution in [3.63, 3.8) is 0 Å². The molecule has 0 aromatic heterocycles. The number of nitriles is 1. The number of carbonyl (C=O) groups excluding carboxylic acids is 1. The van der Waals surface area contributed by atoms with Gasteiger partial charge >= 0.3 is 5.97 Å². The Hall–Kier alpha value is -1.16. The SMILES string of the molecule is COC(=O)[C@H]1C[C@H](C#N)ON1OC. The summed E-state index contributed by atoms with van der Waals surface area (Å²) in [5.74, 6) is -0.473. The lowest BCUT2D eigenvalue weighted by atomic mass is 10.2. The largest absolute Gasteiger partial charge is 0.468 e. The molecule has 13 heavy (non-hydrogen) atoms. The molecule has 1 heterocycles. The molecule has 0 spiro atoms. The van der Waals surface area contributed by atoms with Crippen LogP contribution in [0.1, 0.15) is 6.42 Å². The van der Waals surface area contributed by atoms with Crippen molar-refractivity contribution < 1.29 is 19.2 Å². The molecule has 0 saturated carbocycles. The number of rotatable bonds is 2. The number of hydroxylamine groups is 2. The fraction of sp³-hybridized carbons (Fsp3) is 0.714. The Balaban J connectivity index is 2.64. The van der Waals surface area contributed by atoms with Crippen LogP contribution in [-0.2, 0) is 19.2 Å². The maximum Gasteiger partial charge on any atom is 0.328 e. The van der Waals surface area contributed by atoms with E-state index in [9.17, 15) is 4.79 Å². The van der Waals surface area contributed by atoms with Crippen molar-refractivity contribution in [2.45, 2.75) is 18.6 Å².